The van der Waals surface area contributed by atoms with Gasteiger partial charge in [0.15, 0.2) is 0 Å². The van der Waals surface area contributed by atoms with Crippen molar-refractivity contribution in [2.45, 2.75) is 25.2 Å². The lowest BCUT2D eigenvalue weighted by Gasteiger charge is -1.99. The zero-order valence-electron chi connectivity index (χ0n) is 9.11. The van der Waals surface area contributed by atoms with E-state index in [4.69, 9.17) is 4.55 Å². The van der Waals surface area contributed by atoms with Gasteiger partial charge in [-0.15, -0.1) is 0 Å². The Morgan fingerprint density at radius 2 is 2.06 bits per heavy atom. The Morgan fingerprint density at radius 3 is 2.62 bits per heavy atom. The van der Waals surface area contributed by atoms with Crippen LogP contribution in [-0.2, 0) is 16.5 Å². The first-order valence-electron chi connectivity index (χ1n) is 5.02. The molecule has 2 rings (SSSR count). The molecule has 0 aliphatic heterocycles. The third-order valence-corrected chi connectivity index (χ3v) is 3.59. The standard InChI is InChI=1S/C11H13NO3S/c1-3-9-7(2)12-11-5-4-8(6-10(9)11)16(13,14)15/h4-6,12H,3H2,1-2H3,(H,13,14,15). The molecule has 1 heterocycles. The Labute approximate surface area is 94.0 Å². The maximum Gasteiger partial charge on any atom is 0.294 e. The first-order chi connectivity index (χ1) is 7.43. The van der Waals surface area contributed by atoms with Crippen LogP contribution in [0.1, 0.15) is 18.2 Å². The molecule has 0 unspecified atom stereocenters. The van der Waals surface area contributed by atoms with Crippen molar-refractivity contribution in [3.63, 3.8) is 0 Å². The molecule has 5 heteroatoms. The first-order valence-corrected chi connectivity index (χ1v) is 6.46. The second kappa shape index (κ2) is 3.61. The van der Waals surface area contributed by atoms with Gasteiger partial charge in [0.25, 0.3) is 10.1 Å². The number of benzene rings is 1. The summed E-state index contributed by atoms with van der Waals surface area (Å²) < 4.78 is 31.0. The molecule has 4 nitrogen and oxygen atoms in total. The van der Waals surface area contributed by atoms with Crippen molar-refractivity contribution < 1.29 is 13.0 Å². The molecule has 0 aliphatic rings. The van der Waals surface area contributed by atoms with Crippen molar-refractivity contribution >= 4 is 21.0 Å². The zero-order chi connectivity index (χ0) is 11.9. The van der Waals surface area contributed by atoms with Gasteiger partial charge in [-0.3, -0.25) is 4.55 Å². The molecule has 0 radical (unpaired) electrons. The molecule has 2 aromatic rings. The molecule has 0 fully saturated rings. The van der Waals surface area contributed by atoms with E-state index in [9.17, 15) is 8.42 Å². The van der Waals surface area contributed by atoms with Crippen LogP contribution in [0.4, 0.5) is 0 Å². The lowest BCUT2D eigenvalue weighted by molar-refractivity contribution is 0.483. The first kappa shape index (κ1) is 11.2. The summed E-state index contributed by atoms with van der Waals surface area (Å²) in [5.74, 6) is 0. The zero-order valence-corrected chi connectivity index (χ0v) is 9.93. The number of nitrogens with one attached hydrogen (secondary N) is 1. The van der Waals surface area contributed by atoms with E-state index < -0.39 is 10.1 Å². The summed E-state index contributed by atoms with van der Waals surface area (Å²) in [7, 11) is -4.12. The van der Waals surface area contributed by atoms with Crippen LogP contribution in [0, 0.1) is 6.92 Å². The van der Waals surface area contributed by atoms with Gasteiger partial charge in [0.2, 0.25) is 0 Å². The highest BCUT2D eigenvalue weighted by Crippen LogP contribution is 2.25. The molecular weight excluding hydrogens is 226 g/mol. The quantitative estimate of drug-likeness (QED) is 0.790. The number of hydrogen-bond acceptors (Lipinski definition) is 2. The number of aromatic nitrogens is 1. The smallest absolute Gasteiger partial charge is 0.294 e. The summed E-state index contributed by atoms with van der Waals surface area (Å²) in [5.41, 5.74) is 3.01. The van der Waals surface area contributed by atoms with Gasteiger partial charge in [-0.25, -0.2) is 0 Å². The van der Waals surface area contributed by atoms with Crippen molar-refractivity contribution in [2.24, 2.45) is 0 Å². The van der Waals surface area contributed by atoms with E-state index >= 15 is 0 Å². The molecule has 0 saturated carbocycles. The Bertz CT molecular complexity index is 641. The molecule has 2 N–H and O–H groups in total. The molecule has 0 bridgehead atoms. The van der Waals surface area contributed by atoms with E-state index in [0.717, 1.165) is 28.6 Å². The fourth-order valence-corrected chi connectivity index (χ4v) is 2.48. The van der Waals surface area contributed by atoms with Gasteiger partial charge >= 0.3 is 0 Å². The van der Waals surface area contributed by atoms with Gasteiger partial charge in [0.1, 0.15) is 0 Å². The summed E-state index contributed by atoms with van der Waals surface area (Å²) in [5, 5.41) is 0.857. The van der Waals surface area contributed by atoms with Crippen LogP contribution in [-0.4, -0.2) is 18.0 Å². The summed E-state index contributed by atoms with van der Waals surface area (Å²) >= 11 is 0. The fourth-order valence-electron chi connectivity index (χ4n) is 1.98. The maximum atomic E-state index is 11.0. The van der Waals surface area contributed by atoms with Gasteiger partial charge in [-0.2, -0.15) is 8.42 Å². The minimum absolute atomic E-state index is 0.0614. The van der Waals surface area contributed by atoms with Crippen LogP contribution >= 0.6 is 0 Å². The molecule has 1 aromatic heterocycles. The van der Waals surface area contributed by atoms with Gasteiger partial charge < -0.3 is 4.98 Å². The van der Waals surface area contributed by atoms with Crippen molar-refractivity contribution in [1.29, 1.82) is 0 Å². The molecule has 0 aliphatic carbocycles. The Kier molecular flexibility index (Phi) is 2.52. The summed E-state index contributed by atoms with van der Waals surface area (Å²) in [6.45, 7) is 3.96. The number of rotatable bonds is 2. The van der Waals surface area contributed by atoms with E-state index in [1.165, 1.54) is 12.1 Å². The predicted molar refractivity (Wildman–Crippen MR) is 62.2 cm³/mol. The average Bonchev–Trinajstić information content (AvgIpc) is 2.50. The topological polar surface area (TPSA) is 70.2 Å². The van der Waals surface area contributed by atoms with Gasteiger partial charge in [-0.05, 0) is 37.1 Å². The molecule has 0 atom stereocenters. The summed E-state index contributed by atoms with van der Waals surface area (Å²) in [4.78, 5) is 3.12. The molecule has 86 valence electrons. The number of H-pyrrole nitrogens is 1. The van der Waals surface area contributed by atoms with E-state index in [0.29, 0.717) is 0 Å². The lowest BCUT2D eigenvalue weighted by Crippen LogP contribution is -1.97. The van der Waals surface area contributed by atoms with Crippen LogP contribution < -0.4 is 0 Å². The Hall–Kier alpha value is -1.33. The van der Waals surface area contributed by atoms with Crippen molar-refractivity contribution in [3.8, 4) is 0 Å². The highest BCUT2D eigenvalue weighted by molar-refractivity contribution is 7.85. The third-order valence-electron chi connectivity index (χ3n) is 2.74. The van der Waals surface area contributed by atoms with Crippen molar-refractivity contribution in [3.05, 3.63) is 29.5 Å². The second-order valence-electron chi connectivity index (χ2n) is 3.76. The minimum Gasteiger partial charge on any atom is -0.358 e. The van der Waals surface area contributed by atoms with Gasteiger partial charge in [-0.1, -0.05) is 6.92 Å². The van der Waals surface area contributed by atoms with Crippen LogP contribution in [0.15, 0.2) is 23.1 Å². The van der Waals surface area contributed by atoms with E-state index in [-0.39, 0.29) is 4.90 Å². The van der Waals surface area contributed by atoms with Gasteiger partial charge in [0.05, 0.1) is 4.90 Å². The van der Waals surface area contributed by atoms with E-state index in [1.807, 2.05) is 13.8 Å². The molecule has 0 saturated heterocycles. The molecule has 0 amide bonds. The minimum atomic E-state index is -4.12. The fraction of sp³-hybridized carbons (Fsp3) is 0.273. The van der Waals surface area contributed by atoms with Crippen molar-refractivity contribution in [2.75, 3.05) is 0 Å². The average molecular weight is 239 g/mol. The highest BCUT2D eigenvalue weighted by Gasteiger charge is 2.13. The van der Waals surface area contributed by atoms with E-state index in [2.05, 4.69) is 4.98 Å². The summed E-state index contributed by atoms with van der Waals surface area (Å²) in [6, 6.07) is 4.57. The maximum absolute atomic E-state index is 11.0. The van der Waals surface area contributed by atoms with E-state index in [1.54, 1.807) is 6.07 Å². The number of aromatic amines is 1. The largest absolute Gasteiger partial charge is 0.358 e. The van der Waals surface area contributed by atoms with Crippen LogP contribution in [0.2, 0.25) is 0 Å². The molecule has 0 spiro atoms. The SMILES string of the molecule is CCc1c(C)[nH]c2ccc(S(=O)(=O)O)cc12. The normalized spacial score (nSPS) is 12.2. The molecule has 1 aromatic carbocycles. The molecule has 16 heavy (non-hydrogen) atoms. The van der Waals surface area contributed by atoms with Crippen LogP contribution in [0.3, 0.4) is 0 Å². The van der Waals surface area contributed by atoms with Crippen molar-refractivity contribution in [1.82, 2.24) is 4.98 Å². The number of fused-ring (bicyclic) bond motifs is 1. The second-order valence-corrected chi connectivity index (χ2v) is 5.19. The number of aryl methyl sites for hydroxylation is 2. The molecular formula is C11H13NO3S. The van der Waals surface area contributed by atoms with Crippen LogP contribution in [0.25, 0.3) is 10.9 Å². The highest BCUT2D eigenvalue weighted by atomic mass is 32.2. The third kappa shape index (κ3) is 1.72. The lowest BCUT2D eigenvalue weighted by atomic mass is 10.1. The summed E-state index contributed by atoms with van der Waals surface area (Å²) in [6.07, 6.45) is 0.820. The van der Waals surface area contributed by atoms with Gasteiger partial charge in [0, 0.05) is 16.6 Å². The Balaban J connectivity index is 2.79. The Morgan fingerprint density at radius 1 is 1.38 bits per heavy atom. The monoisotopic (exact) mass is 239 g/mol. The van der Waals surface area contributed by atoms with Crippen LogP contribution in [0.5, 0.6) is 0 Å². The number of hydrogen-bond donors (Lipinski definition) is 2. The predicted octanol–water partition coefficient (Wildman–Crippen LogP) is 2.29.